The van der Waals surface area contributed by atoms with Crippen LogP contribution in [0.2, 0.25) is 0 Å². The summed E-state index contributed by atoms with van der Waals surface area (Å²) in [5.74, 6) is -0.483. The van der Waals surface area contributed by atoms with E-state index in [2.05, 4.69) is 0 Å². The van der Waals surface area contributed by atoms with Crippen molar-refractivity contribution in [3.8, 4) is 0 Å². The molecule has 1 aromatic carbocycles. The highest BCUT2D eigenvalue weighted by Gasteiger charge is 2.50. The van der Waals surface area contributed by atoms with E-state index < -0.39 is 15.4 Å². The van der Waals surface area contributed by atoms with Gasteiger partial charge < -0.3 is 0 Å². The monoisotopic (exact) mass is 267 g/mol. The third-order valence-electron chi connectivity index (χ3n) is 3.17. The third kappa shape index (κ3) is 1.92. The fraction of sp³-hybridized carbons (Fsp3) is 0.462. The van der Waals surface area contributed by atoms with E-state index in [1.165, 1.54) is 0 Å². The molecular formula is C13H17NO3S. The van der Waals surface area contributed by atoms with Crippen molar-refractivity contribution in [3.63, 3.8) is 0 Å². The van der Waals surface area contributed by atoms with Crippen LogP contribution in [-0.2, 0) is 14.8 Å². The molecule has 0 radical (unpaired) electrons. The molecule has 1 fully saturated rings. The molecule has 18 heavy (non-hydrogen) atoms. The van der Waals surface area contributed by atoms with Gasteiger partial charge in [-0.2, -0.15) is 0 Å². The fourth-order valence-electron chi connectivity index (χ4n) is 2.18. The summed E-state index contributed by atoms with van der Waals surface area (Å²) in [4.78, 5) is 12.3. The van der Waals surface area contributed by atoms with Gasteiger partial charge in [0.15, 0.2) is 0 Å². The average Bonchev–Trinajstić information content (AvgIpc) is 2.36. The molecule has 0 bridgehead atoms. The second-order valence-corrected chi connectivity index (χ2v) is 7.32. The first-order valence-corrected chi connectivity index (χ1v) is 7.41. The first-order chi connectivity index (χ1) is 8.15. The number of carbonyl (C=O) groups excluding carboxylic acids is 1. The maximum atomic E-state index is 12.3. The summed E-state index contributed by atoms with van der Waals surface area (Å²) in [6, 6.07) is 5.47. The van der Waals surface area contributed by atoms with Gasteiger partial charge in [0, 0.05) is 0 Å². The standard InChI is InChI=1S/C13H17NO3S/c1-9-5-6-10(2)11(7-9)14-12(15)13(3,4)8-18(14,16)17/h5-7H,8H2,1-4H3. The first kappa shape index (κ1) is 13.1. The molecule has 1 aromatic rings. The van der Waals surface area contributed by atoms with Gasteiger partial charge in [-0.25, -0.2) is 12.7 Å². The lowest BCUT2D eigenvalue weighted by Crippen LogP contribution is -2.33. The number of rotatable bonds is 1. The zero-order valence-electron chi connectivity index (χ0n) is 11.0. The smallest absolute Gasteiger partial charge is 0.247 e. The Morgan fingerprint density at radius 3 is 2.33 bits per heavy atom. The molecule has 0 saturated carbocycles. The van der Waals surface area contributed by atoms with Crippen molar-refractivity contribution < 1.29 is 13.2 Å². The average molecular weight is 267 g/mol. The molecular weight excluding hydrogens is 250 g/mol. The Kier molecular flexibility index (Phi) is 2.77. The Balaban J connectivity index is 2.64. The van der Waals surface area contributed by atoms with Gasteiger partial charge in [-0.05, 0) is 44.9 Å². The molecule has 2 rings (SSSR count). The van der Waals surface area contributed by atoms with Crippen LogP contribution in [0.25, 0.3) is 0 Å². The van der Waals surface area contributed by atoms with E-state index in [-0.39, 0.29) is 11.7 Å². The zero-order valence-corrected chi connectivity index (χ0v) is 11.8. The quantitative estimate of drug-likeness (QED) is 0.782. The molecule has 0 spiro atoms. The Labute approximate surface area is 108 Å². The lowest BCUT2D eigenvalue weighted by Gasteiger charge is -2.19. The largest absolute Gasteiger partial charge is 0.273 e. The van der Waals surface area contributed by atoms with Gasteiger partial charge in [-0.3, -0.25) is 4.79 Å². The number of aryl methyl sites for hydroxylation is 2. The van der Waals surface area contributed by atoms with Crippen molar-refractivity contribution in [1.29, 1.82) is 0 Å². The van der Waals surface area contributed by atoms with Crippen LogP contribution < -0.4 is 4.31 Å². The highest BCUT2D eigenvalue weighted by molar-refractivity contribution is 7.94. The lowest BCUT2D eigenvalue weighted by molar-refractivity contribution is -0.123. The van der Waals surface area contributed by atoms with Gasteiger partial charge in [0.1, 0.15) is 0 Å². The summed E-state index contributed by atoms with van der Waals surface area (Å²) in [5.41, 5.74) is 1.35. The molecule has 0 aromatic heterocycles. The summed E-state index contributed by atoms with van der Waals surface area (Å²) in [6.07, 6.45) is 0. The summed E-state index contributed by atoms with van der Waals surface area (Å²) >= 11 is 0. The number of sulfonamides is 1. The predicted octanol–water partition coefficient (Wildman–Crippen LogP) is 2.01. The van der Waals surface area contributed by atoms with E-state index in [0.29, 0.717) is 5.69 Å². The molecule has 0 unspecified atom stereocenters. The van der Waals surface area contributed by atoms with Crippen LogP contribution in [0.3, 0.4) is 0 Å². The Morgan fingerprint density at radius 2 is 1.83 bits per heavy atom. The Morgan fingerprint density at radius 1 is 1.22 bits per heavy atom. The van der Waals surface area contributed by atoms with E-state index in [1.54, 1.807) is 19.9 Å². The maximum Gasteiger partial charge on any atom is 0.247 e. The molecule has 0 atom stereocenters. The molecule has 4 nitrogen and oxygen atoms in total. The van der Waals surface area contributed by atoms with Crippen molar-refractivity contribution in [1.82, 2.24) is 0 Å². The van der Waals surface area contributed by atoms with Crippen LogP contribution in [-0.4, -0.2) is 20.1 Å². The van der Waals surface area contributed by atoms with Gasteiger partial charge in [0.05, 0.1) is 16.9 Å². The lowest BCUT2D eigenvalue weighted by atomic mass is 9.95. The number of carbonyl (C=O) groups is 1. The van der Waals surface area contributed by atoms with E-state index in [0.717, 1.165) is 15.4 Å². The Bertz CT molecular complexity index is 617. The van der Waals surface area contributed by atoms with Gasteiger partial charge in [0.25, 0.3) is 0 Å². The molecule has 1 amide bonds. The second-order valence-electron chi connectivity index (χ2n) is 5.50. The molecule has 1 heterocycles. The van der Waals surface area contributed by atoms with Crippen molar-refractivity contribution in [2.45, 2.75) is 27.7 Å². The minimum Gasteiger partial charge on any atom is -0.273 e. The van der Waals surface area contributed by atoms with Crippen LogP contribution in [0, 0.1) is 19.3 Å². The minimum atomic E-state index is -3.55. The zero-order chi connectivity index (χ0) is 13.7. The van der Waals surface area contributed by atoms with Crippen molar-refractivity contribution in [2.75, 3.05) is 10.1 Å². The molecule has 98 valence electrons. The van der Waals surface area contributed by atoms with E-state index in [9.17, 15) is 13.2 Å². The normalized spacial score (nSPS) is 21.3. The van der Waals surface area contributed by atoms with Crippen LogP contribution in [0.1, 0.15) is 25.0 Å². The number of nitrogens with zero attached hydrogens (tertiary/aromatic N) is 1. The highest BCUT2D eigenvalue weighted by Crippen LogP contribution is 2.37. The Hall–Kier alpha value is -1.36. The van der Waals surface area contributed by atoms with Crippen LogP contribution in [0.4, 0.5) is 5.69 Å². The van der Waals surface area contributed by atoms with Crippen molar-refractivity contribution in [3.05, 3.63) is 29.3 Å². The van der Waals surface area contributed by atoms with Gasteiger partial charge in [0.2, 0.25) is 15.9 Å². The highest BCUT2D eigenvalue weighted by atomic mass is 32.2. The molecule has 1 saturated heterocycles. The minimum absolute atomic E-state index is 0.133. The number of anilines is 1. The van der Waals surface area contributed by atoms with E-state index in [4.69, 9.17) is 0 Å². The summed E-state index contributed by atoms with van der Waals surface area (Å²) < 4.78 is 25.3. The second kappa shape index (κ2) is 3.82. The molecule has 1 aliphatic rings. The molecule has 0 aliphatic carbocycles. The van der Waals surface area contributed by atoms with Gasteiger partial charge in [-0.15, -0.1) is 0 Å². The van der Waals surface area contributed by atoms with E-state index in [1.807, 2.05) is 26.0 Å². The van der Waals surface area contributed by atoms with Crippen LogP contribution >= 0.6 is 0 Å². The molecule has 5 heteroatoms. The number of benzene rings is 1. The SMILES string of the molecule is Cc1ccc(C)c(N2C(=O)C(C)(C)CS2(=O)=O)c1. The number of hydrogen-bond donors (Lipinski definition) is 0. The number of amides is 1. The predicted molar refractivity (Wildman–Crippen MR) is 71.0 cm³/mol. The summed E-state index contributed by atoms with van der Waals surface area (Å²) in [6.45, 7) is 7.01. The fourth-order valence-corrected chi connectivity index (χ4v) is 4.34. The van der Waals surface area contributed by atoms with Gasteiger partial charge >= 0.3 is 0 Å². The summed E-state index contributed by atoms with van der Waals surface area (Å²) in [5, 5.41) is 0. The first-order valence-electron chi connectivity index (χ1n) is 5.80. The summed E-state index contributed by atoms with van der Waals surface area (Å²) in [7, 11) is -3.55. The third-order valence-corrected chi connectivity index (χ3v) is 5.17. The topological polar surface area (TPSA) is 54.5 Å². The molecule has 0 N–H and O–H groups in total. The maximum absolute atomic E-state index is 12.3. The van der Waals surface area contributed by atoms with Crippen molar-refractivity contribution in [2.24, 2.45) is 5.41 Å². The van der Waals surface area contributed by atoms with Crippen LogP contribution in [0.5, 0.6) is 0 Å². The van der Waals surface area contributed by atoms with Gasteiger partial charge in [-0.1, -0.05) is 12.1 Å². The van der Waals surface area contributed by atoms with Crippen LogP contribution in [0.15, 0.2) is 18.2 Å². The van der Waals surface area contributed by atoms with E-state index >= 15 is 0 Å². The number of hydrogen-bond acceptors (Lipinski definition) is 3. The van der Waals surface area contributed by atoms with Crippen molar-refractivity contribution >= 4 is 21.6 Å². The molecule has 1 aliphatic heterocycles.